The van der Waals surface area contributed by atoms with Gasteiger partial charge in [0.2, 0.25) is 11.8 Å². The van der Waals surface area contributed by atoms with E-state index in [0.29, 0.717) is 10.9 Å². The summed E-state index contributed by atoms with van der Waals surface area (Å²) in [4.78, 5) is 23.2. The van der Waals surface area contributed by atoms with E-state index < -0.39 is 5.91 Å². The van der Waals surface area contributed by atoms with Gasteiger partial charge in [0, 0.05) is 10.0 Å². The molecule has 0 fully saturated rings. The predicted octanol–water partition coefficient (Wildman–Crippen LogP) is 3.39. The van der Waals surface area contributed by atoms with Crippen molar-refractivity contribution < 1.29 is 14.0 Å². The van der Waals surface area contributed by atoms with Gasteiger partial charge < -0.3 is 15.5 Å². The lowest BCUT2D eigenvalue weighted by molar-refractivity contribution is -0.113. The normalized spacial score (nSPS) is 10.6. The standard InChI is InChI=1S/C15H11BrN4O3S2/c16-9-3-1-2-8(6-9)13-19-20-15(23-13)25-7-11(21)18-14-10(12(17)22)4-5-24-14/h1-6H,7H2,(H2,17,22)(H,18,21). The van der Waals surface area contributed by atoms with Crippen molar-refractivity contribution in [1.82, 2.24) is 10.2 Å². The summed E-state index contributed by atoms with van der Waals surface area (Å²) in [6.07, 6.45) is 0. The van der Waals surface area contributed by atoms with Crippen LogP contribution >= 0.6 is 39.0 Å². The van der Waals surface area contributed by atoms with Crippen LogP contribution in [0.2, 0.25) is 0 Å². The number of halogens is 1. The van der Waals surface area contributed by atoms with Crippen molar-refractivity contribution in [2.24, 2.45) is 5.73 Å². The van der Waals surface area contributed by atoms with Crippen LogP contribution in [0.1, 0.15) is 10.4 Å². The molecule has 2 amide bonds. The monoisotopic (exact) mass is 438 g/mol. The highest BCUT2D eigenvalue weighted by atomic mass is 79.9. The number of thioether (sulfide) groups is 1. The van der Waals surface area contributed by atoms with Crippen LogP contribution in [0.3, 0.4) is 0 Å². The van der Waals surface area contributed by atoms with Gasteiger partial charge in [-0.25, -0.2) is 0 Å². The Balaban J connectivity index is 1.59. The fourth-order valence-electron chi connectivity index (χ4n) is 1.90. The second kappa shape index (κ2) is 7.81. The van der Waals surface area contributed by atoms with Crippen molar-refractivity contribution in [2.45, 2.75) is 5.22 Å². The van der Waals surface area contributed by atoms with Crippen LogP contribution in [-0.2, 0) is 4.79 Å². The van der Waals surface area contributed by atoms with Crippen LogP contribution in [0.4, 0.5) is 5.00 Å². The number of carbonyl (C=O) groups excluding carboxylic acids is 2. The minimum absolute atomic E-state index is 0.0657. The number of rotatable bonds is 6. The number of primary amides is 1. The fourth-order valence-corrected chi connectivity index (χ4v) is 3.67. The molecule has 0 atom stereocenters. The number of nitrogens with zero attached hydrogens (tertiary/aromatic N) is 2. The van der Waals surface area contributed by atoms with Gasteiger partial charge in [0.05, 0.1) is 11.3 Å². The first-order valence-corrected chi connectivity index (χ1v) is 9.58. The molecule has 128 valence electrons. The molecular formula is C15H11BrN4O3S2. The molecule has 0 aliphatic rings. The molecule has 7 nitrogen and oxygen atoms in total. The van der Waals surface area contributed by atoms with Crippen molar-refractivity contribution in [2.75, 3.05) is 11.1 Å². The lowest BCUT2D eigenvalue weighted by atomic mass is 10.2. The van der Waals surface area contributed by atoms with Crippen molar-refractivity contribution >= 4 is 55.8 Å². The van der Waals surface area contributed by atoms with Crippen molar-refractivity contribution in [3.05, 3.63) is 45.7 Å². The van der Waals surface area contributed by atoms with Gasteiger partial charge in [0.15, 0.2) is 0 Å². The summed E-state index contributed by atoms with van der Waals surface area (Å²) in [5.74, 6) is -0.439. The summed E-state index contributed by atoms with van der Waals surface area (Å²) >= 11 is 5.72. The zero-order chi connectivity index (χ0) is 17.8. The number of hydrogen-bond acceptors (Lipinski definition) is 7. The number of nitrogens with one attached hydrogen (secondary N) is 1. The molecular weight excluding hydrogens is 428 g/mol. The summed E-state index contributed by atoms with van der Waals surface area (Å²) in [5.41, 5.74) is 6.31. The highest BCUT2D eigenvalue weighted by molar-refractivity contribution is 9.10. The quantitative estimate of drug-likeness (QED) is 0.570. The molecule has 1 aromatic carbocycles. The molecule has 0 bridgehead atoms. The first kappa shape index (κ1) is 17.6. The fraction of sp³-hybridized carbons (Fsp3) is 0.0667. The number of amides is 2. The van der Waals surface area contributed by atoms with Gasteiger partial charge in [-0.05, 0) is 29.6 Å². The minimum Gasteiger partial charge on any atom is -0.411 e. The molecule has 2 aromatic heterocycles. The summed E-state index contributed by atoms with van der Waals surface area (Å²) in [6.45, 7) is 0. The second-order valence-corrected chi connectivity index (χ2v) is 7.51. The summed E-state index contributed by atoms with van der Waals surface area (Å²) in [5, 5.41) is 12.9. The van der Waals surface area contributed by atoms with E-state index in [1.165, 1.54) is 11.3 Å². The molecule has 0 radical (unpaired) electrons. The van der Waals surface area contributed by atoms with Gasteiger partial charge in [-0.1, -0.05) is 33.8 Å². The van der Waals surface area contributed by atoms with Gasteiger partial charge in [-0.3, -0.25) is 9.59 Å². The number of benzene rings is 1. The Morgan fingerprint density at radius 2 is 2.16 bits per heavy atom. The minimum atomic E-state index is -0.584. The maximum Gasteiger partial charge on any atom is 0.277 e. The molecule has 0 aliphatic heterocycles. The number of anilines is 1. The van der Waals surface area contributed by atoms with E-state index in [4.69, 9.17) is 10.2 Å². The smallest absolute Gasteiger partial charge is 0.277 e. The molecule has 3 aromatic rings. The number of hydrogen-bond donors (Lipinski definition) is 2. The van der Waals surface area contributed by atoms with Crippen LogP contribution < -0.4 is 11.1 Å². The Labute approximate surface area is 159 Å². The third-order valence-electron chi connectivity index (χ3n) is 2.99. The molecule has 10 heteroatoms. The summed E-state index contributed by atoms with van der Waals surface area (Å²) < 4.78 is 6.44. The predicted molar refractivity (Wildman–Crippen MR) is 99.6 cm³/mol. The molecule has 0 aliphatic carbocycles. The van der Waals surface area contributed by atoms with Gasteiger partial charge in [-0.2, -0.15) is 0 Å². The van der Waals surface area contributed by atoms with Gasteiger partial charge >= 0.3 is 0 Å². The Morgan fingerprint density at radius 1 is 1.32 bits per heavy atom. The van der Waals surface area contributed by atoms with E-state index in [2.05, 4.69) is 31.4 Å². The first-order valence-electron chi connectivity index (χ1n) is 6.92. The van der Waals surface area contributed by atoms with Gasteiger partial charge in [0.1, 0.15) is 5.00 Å². The highest BCUT2D eigenvalue weighted by Gasteiger charge is 2.15. The van der Waals surface area contributed by atoms with E-state index in [1.54, 1.807) is 11.4 Å². The third-order valence-corrected chi connectivity index (χ3v) is 5.13. The number of nitrogens with two attached hydrogens (primary N) is 1. The van der Waals surface area contributed by atoms with Crippen LogP contribution in [-0.4, -0.2) is 27.8 Å². The second-order valence-electron chi connectivity index (χ2n) is 4.75. The van der Waals surface area contributed by atoms with E-state index >= 15 is 0 Å². The molecule has 3 N–H and O–H groups in total. The lowest BCUT2D eigenvalue weighted by Crippen LogP contribution is -2.17. The zero-order valence-corrected chi connectivity index (χ0v) is 15.8. The maximum atomic E-state index is 12.0. The molecule has 3 rings (SSSR count). The first-order chi connectivity index (χ1) is 12.0. The van der Waals surface area contributed by atoms with Crippen molar-refractivity contribution in [3.63, 3.8) is 0 Å². The number of thiophene rings is 1. The van der Waals surface area contributed by atoms with Crippen LogP contribution in [0, 0.1) is 0 Å². The van der Waals surface area contributed by atoms with Crippen LogP contribution in [0.5, 0.6) is 0 Å². The number of aromatic nitrogens is 2. The van der Waals surface area contributed by atoms with E-state index in [-0.39, 0.29) is 22.4 Å². The largest absolute Gasteiger partial charge is 0.411 e. The Hall–Kier alpha value is -2.17. The Kier molecular flexibility index (Phi) is 5.51. The van der Waals surface area contributed by atoms with Gasteiger partial charge in [0.25, 0.3) is 11.1 Å². The Bertz CT molecular complexity index is 925. The number of carbonyl (C=O) groups is 2. The molecule has 0 spiro atoms. The van der Waals surface area contributed by atoms with Crippen molar-refractivity contribution in [1.29, 1.82) is 0 Å². The molecule has 0 saturated heterocycles. The SMILES string of the molecule is NC(=O)c1ccsc1NC(=O)CSc1nnc(-c2cccc(Br)c2)o1. The van der Waals surface area contributed by atoms with Crippen LogP contribution in [0.25, 0.3) is 11.5 Å². The summed E-state index contributed by atoms with van der Waals surface area (Å²) in [6, 6.07) is 9.03. The van der Waals surface area contributed by atoms with Crippen molar-refractivity contribution in [3.8, 4) is 11.5 Å². The summed E-state index contributed by atoms with van der Waals surface area (Å²) in [7, 11) is 0. The topological polar surface area (TPSA) is 111 Å². The third kappa shape index (κ3) is 4.47. The maximum absolute atomic E-state index is 12.0. The molecule has 0 unspecified atom stereocenters. The Morgan fingerprint density at radius 3 is 2.92 bits per heavy atom. The van der Waals surface area contributed by atoms with E-state index in [1.807, 2.05) is 24.3 Å². The lowest BCUT2D eigenvalue weighted by Gasteiger charge is -2.02. The van der Waals surface area contributed by atoms with E-state index in [9.17, 15) is 9.59 Å². The molecule has 2 heterocycles. The average Bonchev–Trinajstić information content (AvgIpc) is 3.22. The molecule has 0 saturated carbocycles. The van der Waals surface area contributed by atoms with E-state index in [0.717, 1.165) is 21.8 Å². The zero-order valence-electron chi connectivity index (χ0n) is 12.6. The van der Waals surface area contributed by atoms with Crippen LogP contribution in [0.15, 0.2) is 49.8 Å². The highest BCUT2D eigenvalue weighted by Crippen LogP contribution is 2.26. The van der Waals surface area contributed by atoms with Gasteiger partial charge in [-0.15, -0.1) is 21.5 Å². The molecule has 25 heavy (non-hydrogen) atoms. The average molecular weight is 439 g/mol.